The Morgan fingerprint density at radius 1 is 1.43 bits per heavy atom. The topological polar surface area (TPSA) is 75.6 Å². The number of hydrogen-bond acceptors (Lipinski definition) is 3. The molecule has 5 nitrogen and oxygen atoms in total. The Morgan fingerprint density at radius 2 is 2.21 bits per heavy atom. The third-order valence-electron chi connectivity index (χ3n) is 2.12. The molecule has 1 rings (SSSR count). The Kier molecular flexibility index (Phi) is 4.39. The van der Waals surface area contributed by atoms with Crippen LogP contribution in [0.15, 0.2) is 0 Å². The summed E-state index contributed by atoms with van der Waals surface area (Å²) < 4.78 is 5.30. The van der Waals surface area contributed by atoms with E-state index in [4.69, 9.17) is 9.84 Å². The van der Waals surface area contributed by atoms with Crippen LogP contribution in [0, 0.1) is 0 Å². The second-order valence-corrected chi connectivity index (χ2v) is 3.33. The van der Waals surface area contributed by atoms with Crippen LogP contribution < -0.4 is 5.32 Å². The lowest BCUT2D eigenvalue weighted by Crippen LogP contribution is -2.31. The molecule has 1 fully saturated rings. The average Bonchev–Trinajstić information content (AvgIpc) is 2.63. The number of carboxylic acids is 1. The highest BCUT2D eigenvalue weighted by Gasteiger charge is 2.16. The van der Waals surface area contributed by atoms with E-state index in [1.165, 1.54) is 0 Å². The van der Waals surface area contributed by atoms with Crippen LogP contribution in [0.25, 0.3) is 0 Å². The fraction of sp³-hybridized carbons (Fsp3) is 0.778. The van der Waals surface area contributed by atoms with Crippen LogP contribution in [-0.2, 0) is 14.3 Å². The van der Waals surface area contributed by atoms with E-state index in [2.05, 4.69) is 5.32 Å². The van der Waals surface area contributed by atoms with Crippen molar-refractivity contribution in [3.63, 3.8) is 0 Å². The molecule has 0 aromatic carbocycles. The van der Waals surface area contributed by atoms with Crippen LogP contribution in [0.1, 0.15) is 25.7 Å². The fourth-order valence-corrected chi connectivity index (χ4v) is 1.34. The molecule has 1 unspecified atom stereocenters. The lowest BCUT2D eigenvalue weighted by molar-refractivity contribution is -0.138. The van der Waals surface area contributed by atoms with Gasteiger partial charge in [-0.2, -0.15) is 0 Å². The summed E-state index contributed by atoms with van der Waals surface area (Å²) >= 11 is 0. The summed E-state index contributed by atoms with van der Waals surface area (Å²) in [5.41, 5.74) is 0. The molecule has 1 atom stereocenters. The molecular formula is C9H15NO4. The molecule has 1 amide bonds. The number of aliphatic carboxylic acids is 1. The highest BCUT2D eigenvalue weighted by molar-refractivity contribution is 5.80. The van der Waals surface area contributed by atoms with Gasteiger partial charge in [-0.3, -0.25) is 9.59 Å². The largest absolute Gasteiger partial charge is 0.481 e. The first kappa shape index (κ1) is 11.0. The summed E-state index contributed by atoms with van der Waals surface area (Å²) in [5.74, 6) is -1.17. The van der Waals surface area contributed by atoms with Gasteiger partial charge in [-0.25, -0.2) is 0 Å². The maximum atomic E-state index is 11.1. The van der Waals surface area contributed by atoms with Gasteiger partial charge in [0.05, 0.1) is 12.5 Å². The van der Waals surface area contributed by atoms with Crippen molar-refractivity contribution in [2.24, 2.45) is 0 Å². The van der Waals surface area contributed by atoms with Gasteiger partial charge in [0.15, 0.2) is 0 Å². The minimum Gasteiger partial charge on any atom is -0.481 e. The molecule has 1 aliphatic heterocycles. The van der Waals surface area contributed by atoms with Crippen molar-refractivity contribution in [2.45, 2.75) is 31.8 Å². The van der Waals surface area contributed by atoms with E-state index in [0.717, 1.165) is 19.4 Å². The number of amides is 1. The van der Waals surface area contributed by atoms with Crippen molar-refractivity contribution in [1.82, 2.24) is 5.32 Å². The summed E-state index contributed by atoms with van der Waals surface area (Å²) in [6.45, 7) is 1.26. The molecule has 80 valence electrons. The minimum atomic E-state index is -0.947. The first-order chi connectivity index (χ1) is 6.68. The van der Waals surface area contributed by atoms with E-state index in [9.17, 15) is 9.59 Å². The Morgan fingerprint density at radius 3 is 2.79 bits per heavy atom. The van der Waals surface area contributed by atoms with E-state index >= 15 is 0 Å². The van der Waals surface area contributed by atoms with Crippen LogP contribution in [-0.4, -0.2) is 36.2 Å². The second kappa shape index (κ2) is 5.59. The van der Waals surface area contributed by atoms with Gasteiger partial charge in [-0.15, -0.1) is 0 Å². The molecule has 0 spiro atoms. The van der Waals surface area contributed by atoms with Crippen molar-refractivity contribution in [3.05, 3.63) is 0 Å². The third-order valence-corrected chi connectivity index (χ3v) is 2.12. The predicted octanol–water partition coefficient (Wildman–Crippen LogP) is 0.146. The Labute approximate surface area is 82.4 Å². The van der Waals surface area contributed by atoms with Crippen LogP contribution in [0.4, 0.5) is 0 Å². The molecular weight excluding hydrogens is 186 g/mol. The molecule has 14 heavy (non-hydrogen) atoms. The Bertz CT molecular complexity index is 211. The SMILES string of the molecule is O=C(O)CCC(=O)NCC1CCCO1. The van der Waals surface area contributed by atoms with Crippen molar-refractivity contribution >= 4 is 11.9 Å². The number of ether oxygens (including phenoxy) is 1. The lowest BCUT2D eigenvalue weighted by Gasteiger charge is -2.09. The van der Waals surface area contributed by atoms with Gasteiger partial charge in [0.25, 0.3) is 0 Å². The standard InChI is InChI=1S/C9H15NO4/c11-8(3-4-9(12)13)10-6-7-2-1-5-14-7/h7H,1-6H2,(H,10,11)(H,12,13). The minimum absolute atomic E-state index is 0.0437. The molecule has 0 aromatic heterocycles. The zero-order valence-corrected chi connectivity index (χ0v) is 7.99. The molecule has 0 aliphatic carbocycles. The number of carboxylic acid groups (broad SMARTS) is 1. The molecule has 5 heteroatoms. The van der Waals surface area contributed by atoms with Crippen molar-refractivity contribution in [3.8, 4) is 0 Å². The van der Waals surface area contributed by atoms with Gasteiger partial charge in [0, 0.05) is 19.6 Å². The Balaban J connectivity index is 2.05. The first-order valence-electron chi connectivity index (χ1n) is 4.78. The van der Waals surface area contributed by atoms with E-state index in [-0.39, 0.29) is 24.9 Å². The van der Waals surface area contributed by atoms with Crippen molar-refractivity contribution in [1.29, 1.82) is 0 Å². The summed E-state index contributed by atoms with van der Waals surface area (Å²) in [4.78, 5) is 21.2. The van der Waals surface area contributed by atoms with E-state index in [1.54, 1.807) is 0 Å². The number of hydrogen-bond donors (Lipinski definition) is 2. The van der Waals surface area contributed by atoms with Gasteiger partial charge >= 0.3 is 5.97 Å². The van der Waals surface area contributed by atoms with Crippen molar-refractivity contribution in [2.75, 3.05) is 13.2 Å². The smallest absolute Gasteiger partial charge is 0.303 e. The number of carbonyl (C=O) groups is 2. The fourth-order valence-electron chi connectivity index (χ4n) is 1.34. The van der Waals surface area contributed by atoms with Crippen LogP contribution >= 0.6 is 0 Å². The predicted molar refractivity (Wildman–Crippen MR) is 48.9 cm³/mol. The van der Waals surface area contributed by atoms with Gasteiger partial charge in [-0.05, 0) is 12.8 Å². The number of nitrogens with one attached hydrogen (secondary N) is 1. The van der Waals surface area contributed by atoms with E-state index in [1.807, 2.05) is 0 Å². The zero-order valence-electron chi connectivity index (χ0n) is 7.99. The van der Waals surface area contributed by atoms with Gasteiger partial charge in [-0.1, -0.05) is 0 Å². The summed E-state index contributed by atoms with van der Waals surface area (Å²) in [6, 6.07) is 0. The molecule has 1 aliphatic rings. The van der Waals surface area contributed by atoms with Crippen LogP contribution in [0.3, 0.4) is 0 Å². The summed E-state index contributed by atoms with van der Waals surface area (Å²) in [5, 5.41) is 11.0. The monoisotopic (exact) mass is 201 g/mol. The van der Waals surface area contributed by atoms with E-state index in [0.29, 0.717) is 6.54 Å². The average molecular weight is 201 g/mol. The van der Waals surface area contributed by atoms with Crippen LogP contribution in [0.2, 0.25) is 0 Å². The maximum Gasteiger partial charge on any atom is 0.303 e. The van der Waals surface area contributed by atoms with Crippen LogP contribution in [0.5, 0.6) is 0 Å². The molecule has 0 aromatic rings. The zero-order chi connectivity index (χ0) is 10.4. The molecule has 1 saturated heterocycles. The quantitative estimate of drug-likeness (QED) is 0.663. The normalized spacial score (nSPS) is 20.7. The van der Waals surface area contributed by atoms with Gasteiger partial charge in [0.1, 0.15) is 0 Å². The number of rotatable bonds is 5. The first-order valence-corrected chi connectivity index (χ1v) is 4.78. The summed E-state index contributed by atoms with van der Waals surface area (Å²) in [7, 11) is 0. The van der Waals surface area contributed by atoms with Gasteiger partial charge in [0.2, 0.25) is 5.91 Å². The molecule has 2 N–H and O–H groups in total. The molecule has 0 bridgehead atoms. The third kappa shape index (κ3) is 4.23. The lowest BCUT2D eigenvalue weighted by atomic mass is 10.2. The Hall–Kier alpha value is -1.10. The molecule has 0 radical (unpaired) electrons. The highest BCUT2D eigenvalue weighted by atomic mass is 16.5. The van der Waals surface area contributed by atoms with Gasteiger partial charge < -0.3 is 15.2 Å². The summed E-state index contributed by atoms with van der Waals surface area (Å²) in [6.07, 6.45) is 2.05. The maximum absolute atomic E-state index is 11.1. The van der Waals surface area contributed by atoms with E-state index < -0.39 is 5.97 Å². The number of carbonyl (C=O) groups excluding carboxylic acids is 1. The molecule has 1 heterocycles. The highest BCUT2D eigenvalue weighted by Crippen LogP contribution is 2.10. The molecule has 0 saturated carbocycles. The van der Waals surface area contributed by atoms with Crippen molar-refractivity contribution < 1.29 is 19.4 Å². The second-order valence-electron chi connectivity index (χ2n) is 3.33.